The average molecular weight is 667 g/mol. The SMILES string of the molecule is CCCCCCc1cc(-c2cc(CCCCCC)c(-c3ccc(OCC(O)CO)cc3)s2)sc1-c1ccc(OCC(O)CO)cc1. The van der Waals surface area contributed by atoms with Crippen molar-refractivity contribution in [3.05, 3.63) is 71.8 Å². The highest BCUT2D eigenvalue weighted by molar-refractivity contribution is 7.25. The van der Waals surface area contributed by atoms with Gasteiger partial charge in [-0.25, -0.2) is 0 Å². The Hall–Kier alpha value is -2.72. The van der Waals surface area contributed by atoms with Crippen molar-refractivity contribution in [3.8, 4) is 42.1 Å². The molecule has 2 unspecified atom stereocenters. The molecule has 0 saturated carbocycles. The third-order valence-corrected chi connectivity index (χ3v) is 10.6. The van der Waals surface area contributed by atoms with Gasteiger partial charge in [0.15, 0.2) is 0 Å². The van der Waals surface area contributed by atoms with Crippen LogP contribution in [-0.2, 0) is 12.8 Å². The first-order chi connectivity index (χ1) is 22.4. The molecular weight excluding hydrogens is 617 g/mol. The summed E-state index contributed by atoms with van der Waals surface area (Å²) < 4.78 is 11.3. The van der Waals surface area contributed by atoms with Gasteiger partial charge < -0.3 is 29.9 Å². The minimum atomic E-state index is -0.890. The van der Waals surface area contributed by atoms with Crippen molar-refractivity contribution in [1.82, 2.24) is 0 Å². The summed E-state index contributed by atoms with van der Waals surface area (Å²) in [7, 11) is 0. The number of hydrogen-bond donors (Lipinski definition) is 4. The van der Waals surface area contributed by atoms with Gasteiger partial charge in [0.25, 0.3) is 0 Å². The molecule has 0 amide bonds. The van der Waals surface area contributed by atoms with E-state index < -0.39 is 12.2 Å². The molecule has 4 aromatic rings. The molecule has 4 N–H and O–H groups in total. The number of aliphatic hydroxyl groups excluding tert-OH is 4. The Morgan fingerprint density at radius 1 is 0.565 bits per heavy atom. The van der Waals surface area contributed by atoms with Crippen LogP contribution in [0.15, 0.2) is 60.7 Å². The summed E-state index contributed by atoms with van der Waals surface area (Å²) in [6.45, 7) is 3.97. The maximum Gasteiger partial charge on any atom is 0.119 e. The number of hydrogen-bond acceptors (Lipinski definition) is 8. The predicted molar refractivity (Wildman–Crippen MR) is 191 cm³/mol. The molecule has 0 spiro atoms. The van der Waals surface area contributed by atoms with Crippen molar-refractivity contribution < 1.29 is 29.9 Å². The standard InChI is InChI=1S/C38H50O6S2/c1-3-5-7-9-11-29-21-35(45-37(29)27-13-17-33(18-14-27)43-25-31(41)23-39)36-22-30(12-10-8-6-4-2)38(46-36)28-15-19-34(20-16-28)44-26-32(42)24-40/h13-22,31-32,39-42H,3-12,23-26H2,1-2H3. The van der Waals surface area contributed by atoms with E-state index in [1.54, 1.807) is 0 Å². The van der Waals surface area contributed by atoms with Gasteiger partial charge >= 0.3 is 0 Å². The van der Waals surface area contributed by atoms with Crippen LogP contribution in [0, 0.1) is 0 Å². The number of aliphatic hydroxyl groups is 4. The minimum Gasteiger partial charge on any atom is -0.491 e. The summed E-state index contributed by atoms with van der Waals surface area (Å²) in [4.78, 5) is 5.16. The van der Waals surface area contributed by atoms with Crippen LogP contribution in [0.1, 0.15) is 76.3 Å². The van der Waals surface area contributed by atoms with Crippen LogP contribution in [0.3, 0.4) is 0 Å². The molecule has 2 atom stereocenters. The molecule has 0 aliphatic rings. The van der Waals surface area contributed by atoms with Gasteiger partial charge in [-0.05, 0) is 109 Å². The first-order valence-corrected chi connectivity index (χ1v) is 18.4. The molecule has 0 saturated heterocycles. The lowest BCUT2D eigenvalue weighted by atomic mass is 10.0. The van der Waals surface area contributed by atoms with E-state index in [-0.39, 0.29) is 26.4 Å². The first kappa shape index (κ1) is 36.1. The van der Waals surface area contributed by atoms with Crippen LogP contribution in [0.5, 0.6) is 11.5 Å². The largest absolute Gasteiger partial charge is 0.491 e. The third kappa shape index (κ3) is 10.7. The highest BCUT2D eigenvalue weighted by atomic mass is 32.1. The van der Waals surface area contributed by atoms with Crippen LogP contribution < -0.4 is 9.47 Å². The predicted octanol–water partition coefficient (Wildman–Crippen LogP) is 8.52. The molecular formula is C38H50O6S2. The summed E-state index contributed by atoms with van der Waals surface area (Å²) in [6, 6.07) is 20.9. The van der Waals surface area contributed by atoms with E-state index in [0.717, 1.165) is 24.0 Å². The number of unbranched alkanes of at least 4 members (excludes halogenated alkanes) is 6. The normalized spacial score (nSPS) is 12.7. The van der Waals surface area contributed by atoms with Crippen LogP contribution in [-0.4, -0.2) is 59.1 Å². The number of thiophene rings is 2. The molecule has 0 aliphatic carbocycles. The fourth-order valence-electron chi connectivity index (χ4n) is 5.34. The van der Waals surface area contributed by atoms with Gasteiger partial charge in [-0.15, -0.1) is 22.7 Å². The molecule has 2 heterocycles. The van der Waals surface area contributed by atoms with Gasteiger partial charge in [-0.2, -0.15) is 0 Å². The second-order valence-corrected chi connectivity index (χ2v) is 14.0. The smallest absolute Gasteiger partial charge is 0.119 e. The molecule has 2 aromatic heterocycles. The first-order valence-electron chi connectivity index (χ1n) is 16.8. The van der Waals surface area contributed by atoms with Gasteiger partial charge in [0.05, 0.1) is 13.2 Å². The number of benzene rings is 2. The van der Waals surface area contributed by atoms with Crippen LogP contribution in [0.4, 0.5) is 0 Å². The second-order valence-electron chi connectivity index (χ2n) is 11.9. The highest BCUT2D eigenvalue weighted by Crippen LogP contribution is 2.45. The molecule has 6 nitrogen and oxygen atoms in total. The van der Waals surface area contributed by atoms with E-state index in [9.17, 15) is 10.2 Å². The zero-order valence-corrected chi connectivity index (χ0v) is 28.9. The Morgan fingerprint density at radius 3 is 1.30 bits per heavy atom. The van der Waals surface area contributed by atoms with Gasteiger partial charge in [0.2, 0.25) is 0 Å². The van der Waals surface area contributed by atoms with Crippen molar-refractivity contribution in [2.24, 2.45) is 0 Å². The quantitative estimate of drug-likeness (QED) is 0.0666. The summed E-state index contributed by atoms with van der Waals surface area (Å²) in [6.07, 6.45) is 10.0. The summed E-state index contributed by atoms with van der Waals surface area (Å²) in [5.41, 5.74) is 5.09. The topological polar surface area (TPSA) is 99.4 Å². The van der Waals surface area contributed by atoms with Crippen LogP contribution in [0.2, 0.25) is 0 Å². The molecule has 0 bridgehead atoms. The number of ether oxygens (including phenoxy) is 2. The lowest BCUT2D eigenvalue weighted by Crippen LogP contribution is -2.21. The van der Waals surface area contributed by atoms with Crippen molar-refractivity contribution >= 4 is 22.7 Å². The summed E-state index contributed by atoms with van der Waals surface area (Å²) in [5.74, 6) is 1.35. The average Bonchev–Trinajstić information content (AvgIpc) is 3.71. The Kier molecular flexibility index (Phi) is 15.1. The van der Waals surface area contributed by atoms with Gasteiger partial charge in [0, 0.05) is 19.5 Å². The molecule has 0 aliphatic heterocycles. The maximum absolute atomic E-state index is 9.65. The summed E-state index contributed by atoms with van der Waals surface area (Å²) >= 11 is 3.71. The van der Waals surface area contributed by atoms with E-state index in [2.05, 4.69) is 50.2 Å². The minimum absolute atomic E-state index is 0.0613. The van der Waals surface area contributed by atoms with E-state index in [0.29, 0.717) is 11.5 Å². The van der Waals surface area contributed by atoms with E-state index in [4.69, 9.17) is 19.7 Å². The lowest BCUT2D eigenvalue weighted by Gasteiger charge is -2.10. The van der Waals surface area contributed by atoms with Crippen molar-refractivity contribution in [2.75, 3.05) is 26.4 Å². The maximum atomic E-state index is 9.65. The zero-order chi connectivity index (χ0) is 32.7. The van der Waals surface area contributed by atoms with Crippen LogP contribution >= 0.6 is 22.7 Å². The Morgan fingerprint density at radius 2 is 0.957 bits per heavy atom. The van der Waals surface area contributed by atoms with Crippen molar-refractivity contribution in [2.45, 2.75) is 90.3 Å². The van der Waals surface area contributed by atoms with Crippen molar-refractivity contribution in [3.63, 3.8) is 0 Å². The van der Waals surface area contributed by atoms with E-state index >= 15 is 0 Å². The van der Waals surface area contributed by atoms with Crippen molar-refractivity contribution in [1.29, 1.82) is 0 Å². The monoisotopic (exact) mass is 666 g/mol. The Balaban J connectivity index is 1.63. The zero-order valence-electron chi connectivity index (χ0n) is 27.2. The highest BCUT2D eigenvalue weighted by Gasteiger charge is 2.18. The summed E-state index contributed by atoms with van der Waals surface area (Å²) in [5, 5.41) is 37.5. The van der Waals surface area contributed by atoms with E-state index in [1.165, 1.54) is 82.0 Å². The fraction of sp³-hybridized carbons (Fsp3) is 0.474. The molecule has 8 heteroatoms. The molecule has 0 radical (unpaired) electrons. The third-order valence-electron chi connectivity index (χ3n) is 8.00. The van der Waals surface area contributed by atoms with Crippen LogP contribution in [0.25, 0.3) is 30.6 Å². The number of aryl methyl sites for hydroxylation is 2. The molecule has 0 fully saturated rings. The van der Waals surface area contributed by atoms with Gasteiger partial charge in [-0.1, -0.05) is 52.4 Å². The molecule has 4 rings (SSSR count). The molecule has 46 heavy (non-hydrogen) atoms. The van der Waals surface area contributed by atoms with Gasteiger partial charge in [-0.3, -0.25) is 0 Å². The molecule has 2 aromatic carbocycles. The number of rotatable bonds is 21. The van der Waals surface area contributed by atoms with E-state index in [1.807, 2.05) is 46.9 Å². The Labute approximate surface area is 282 Å². The lowest BCUT2D eigenvalue weighted by molar-refractivity contribution is 0.0536. The van der Waals surface area contributed by atoms with Gasteiger partial charge in [0.1, 0.15) is 36.9 Å². The fourth-order valence-corrected chi connectivity index (χ4v) is 7.84. The molecule has 250 valence electrons. The second kappa shape index (κ2) is 19.2. The Bertz CT molecular complexity index is 1320.